The highest BCUT2D eigenvalue weighted by molar-refractivity contribution is 7.18. The van der Waals surface area contributed by atoms with Crippen molar-refractivity contribution in [3.63, 3.8) is 0 Å². The molecule has 1 fully saturated rings. The minimum atomic E-state index is -0.343. The molecule has 1 aliphatic heterocycles. The van der Waals surface area contributed by atoms with E-state index in [2.05, 4.69) is 15.5 Å². The molecule has 0 spiro atoms. The summed E-state index contributed by atoms with van der Waals surface area (Å²) in [5.41, 5.74) is 0.998. The van der Waals surface area contributed by atoms with Crippen LogP contribution < -0.4 is 5.32 Å². The summed E-state index contributed by atoms with van der Waals surface area (Å²) in [6, 6.07) is 9.77. The number of hydrogen-bond acceptors (Lipinski definition) is 5. The van der Waals surface area contributed by atoms with E-state index in [1.165, 1.54) is 11.3 Å². The minimum absolute atomic E-state index is 0.131. The van der Waals surface area contributed by atoms with Gasteiger partial charge in [-0.15, -0.1) is 10.2 Å². The van der Waals surface area contributed by atoms with Crippen molar-refractivity contribution in [3.8, 4) is 10.6 Å². The van der Waals surface area contributed by atoms with Crippen LogP contribution in [0.15, 0.2) is 30.3 Å². The van der Waals surface area contributed by atoms with Gasteiger partial charge in [0, 0.05) is 12.2 Å². The number of nitrogens with one attached hydrogen (secondary N) is 1. The molecule has 0 aliphatic carbocycles. The molecule has 98 valence electrons. The molecule has 1 aliphatic rings. The van der Waals surface area contributed by atoms with Crippen molar-refractivity contribution in [3.05, 3.63) is 30.3 Å². The van der Waals surface area contributed by atoms with E-state index in [0.717, 1.165) is 23.4 Å². The molecular weight excluding hydrogens is 262 g/mol. The van der Waals surface area contributed by atoms with E-state index in [1.807, 2.05) is 30.3 Å². The number of aromatic nitrogens is 2. The normalized spacial score (nSPS) is 18.4. The Bertz CT molecular complexity index is 564. The van der Waals surface area contributed by atoms with Crippen LogP contribution in [-0.4, -0.2) is 28.8 Å². The molecule has 0 saturated carbocycles. The van der Waals surface area contributed by atoms with E-state index in [-0.39, 0.29) is 12.0 Å². The van der Waals surface area contributed by atoms with Crippen LogP contribution in [-0.2, 0) is 9.53 Å². The Balaban J connectivity index is 1.70. The third kappa shape index (κ3) is 2.80. The van der Waals surface area contributed by atoms with Gasteiger partial charge in [-0.2, -0.15) is 0 Å². The predicted molar refractivity (Wildman–Crippen MR) is 72.9 cm³/mol. The molecule has 0 bridgehead atoms. The maximum atomic E-state index is 11.9. The number of carbonyl (C=O) groups is 1. The van der Waals surface area contributed by atoms with E-state index in [4.69, 9.17) is 4.74 Å². The molecule has 3 rings (SSSR count). The quantitative estimate of drug-likeness (QED) is 0.933. The Kier molecular flexibility index (Phi) is 3.52. The summed E-state index contributed by atoms with van der Waals surface area (Å²) in [7, 11) is 0. The number of carbonyl (C=O) groups excluding carboxylic acids is 1. The van der Waals surface area contributed by atoms with Gasteiger partial charge < -0.3 is 4.74 Å². The van der Waals surface area contributed by atoms with Crippen molar-refractivity contribution in [2.24, 2.45) is 0 Å². The predicted octanol–water partition coefficient (Wildman–Crippen LogP) is 2.32. The van der Waals surface area contributed by atoms with Gasteiger partial charge in [0.05, 0.1) is 0 Å². The van der Waals surface area contributed by atoms with Crippen LogP contribution in [0.5, 0.6) is 0 Å². The molecule has 6 heteroatoms. The van der Waals surface area contributed by atoms with E-state index >= 15 is 0 Å². The fraction of sp³-hybridized carbons (Fsp3) is 0.308. The Hall–Kier alpha value is -1.79. The lowest BCUT2D eigenvalue weighted by Crippen LogP contribution is -2.26. The third-order valence-electron chi connectivity index (χ3n) is 2.90. The maximum absolute atomic E-state index is 11.9. The summed E-state index contributed by atoms with van der Waals surface area (Å²) in [4.78, 5) is 11.9. The van der Waals surface area contributed by atoms with Crippen LogP contribution in [0, 0.1) is 0 Å². The topological polar surface area (TPSA) is 64.1 Å². The van der Waals surface area contributed by atoms with Crippen LogP contribution in [0.4, 0.5) is 5.13 Å². The fourth-order valence-electron chi connectivity index (χ4n) is 1.94. The van der Waals surface area contributed by atoms with E-state index < -0.39 is 0 Å². The fourth-order valence-corrected chi connectivity index (χ4v) is 2.69. The molecule has 1 unspecified atom stereocenters. The molecule has 5 nitrogen and oxygen atoms in total. The summed E-state index contributed by atoms with van der Waals surface area (Å²) >= 11 is 1.36. The Morgan fingerprint density at radius 1 is 1.32 bits per heavy atom. The second-order valence-electron chi connectivity index (χ2n) is 4.27. The van der Waals surface area contributed by atoms with Crippen molar-refractivity contribution in [1.82, 2.24) is 10.2 Å². The van der Waals surface area contributed by atoms with Crippen molar-refractivity contribution in [2.45, 2.75) is 18.9 Å². The van der Waals surface area contributed by atoms with Crippen molar-refractivity contribution >= 4 is 22.4 Å². The number of rotatable bonds is 3. The Labute approximate surface area is 114 Å². The molecule has 1 atom stereocenters. The summed E-state index contributed by atoms with van der Waals surface area (Å²) in [5.74, 6) is -0.131. The van der Waals surface area contributed by atoms with Gasteiger partial charge >= 0.3 is 0 Å². The Morgan fingerprint density at radius 3 is 2.89 bits per heavy atom. The number of nitrogens with zero attached hydrogens (tertiary/aromatic N) is 2. The second-order valence-corrected chi connectivity index (χ2v) is 5.25. The number of amides is 1. The van der Waals surface area contributed by atoms with Gasteiger partial charge in [-0.05, 0) is 12.8 Å². The summed E-state index contributed by atoms with van der Waals surface area (Å²) in [5, 5.41) is 12.1. The third-order valence-corrected chi connectivity index (χ3v) is 3.79. The molecule has 2 heterocycles. The van der Waals surface area contributed by atoms with Crippen LogP contribution in [0.25, 0.3) is 10.6 Å². The van der Waals surface area contributed by atoms with E-state index in [0.29, 0.717) is 11.7 Å². The zero-order valence-corrected chi connectivity index (χ0v) is 11.0. The molecule has 1 amide bonds. The van der Waals surface area contributed by atoms with Gasteiger partial charge in [0.1, 0.15) is 11.1 Å². The lowest BCUT2D eigenvalue weighted by molar-refractivity contribution is -0.124. The number of anilines is 1. The number of hydrogen-bond donors (Lipinski definition) is 1. The monoisotopic (exact) mass is 275 g/mol. The first kappa shape index (κ1) is 12.3. The highest BCUT2D eigenvalue weighted by atomic mass is 32.1. The lowest BCUT2D eigenvalue weighted by atomic mass is 10.2. The van der Waals surface area contributed by atoms with Crippen LogP contribution in [0.2, 0.25) is 0 Å². The highest BCUT2D eigenvalue weighted by Gasteiger charge is 2.24. The standard InChI is InChI=1S/C13H13N3O2S/c17-11(10-7-4-8-18-10)14-13-16-15-12(19-13)9-5-2-1-3-6-9/h1-3,5-6,10H,4,7-8H2,(H,14,16,17). The zero-order valence-electron chi connectivity index (χ0n) is 10.2. The van der Waals surface area contributed by atoms with Gasteiger partial charge in [-0.3, -0.25) is 10.1 Å². The van der Waals surface area contributed by atoms with Crippen molar-refractivity contribution in [1.29, 1.82) is 0 Å². The molecule has 1 N–H and O–H groups in total. The average molecular weight is 275 g/mol. The molecule has 1 saturated heterocycles. The first-order valence-electron chi connectivity index (χ1n) is 6.14. The van der Waals surface area contributed by atoms with Crippen LogP contribution >= 0.6 is 11.3 Å². The second kappa shape index (κ2) is 5.46. The lowest BCUT2D eigenvalue weighted by Gasteiger charge is -2.06. The van der Waals surface area contributed by atoms with Gasteiger partial charge in [-0.1, -0.05) is 41.7 Å². The molecule has 1 aromatic carbocycles. The number of ether oxygens (including phenoxy) is 1. The molecular formula is C13H13N3O2S. The van der Waals surface area contributed by atoms with Gasteiger partial charge in [0.25, 0.3) is 5.91 Å². The zero-order chi connectivity index (χ0) is 13.1. The van der Waals surface area contributed by atoms with Crippen LogP contribution in [0.1, 0.15) is 12.8 Å². The van der Waals surface area contributed by atoms with Crippen LogP contribution in [0.3, 0.4) is 0 Å². The molecule has 19 heavy (non-hydrogen) atoms. The van der Waals surface area contributed by atoms with Gasteiger partial charge in [0.2, 0.25) is 5.13 Å². The molecule has 2 aromatic rings. The summed E-state index contributed by atoms with van der Waals surface area (Å²) in [6.45, 7) is 0.656. The van der Waals surface area contributed by atoms with Crippen molar-refractivity contribution in [2.75, 3.05) is 11.9 Å². The molecule has 1 aromatic heterocycles. The average Bonchev–Trinajstić information content (AvgIpc) is 3.11. The largest absolute Gasteiger partial charge is 0.368 e. The van der Waals surface area contributed by atoms with E-state index in [9.17, 15) is 4.79 Å². The van der Waals surface area contributed by atoms with Gasteiger partial charge in [-0.25, -0.2) is 0 Å². The number of benzene rings is 1. The summed E-state index contributed by atoms with van der Waals surface area (Å²) in [6.07, 6.45) is 1.36. The summed E-state index contributed by atoms with van der Waals surface area (Å²) < 4.78 is 5.32. The molecule has 0 radical (unpaired) electrons. The first-order valence-corrected chi connectivity index (χ1v) is 6.96. The smallest absolute Gasteiger partial charge is 0.255 e. The maximum Gasteiger partial charge on any atom is 0.255 e. The van der Waals surface area contributed by atoms with Gasteiger partial charge in [0.15, 0.2) is 0 Å². The van der Waals surface area contributed by atoms with E-state index in [1.54, 1.807) is 0 Å². The van der Waals surface area contributed by atoms with Crippen molar-refractivity contribution < 1.29 is 9.53 Å². The Morgan fingerprint density at radius 2 is 2.16 bits per heavy atom. The minimum Gasteiger partial charge on any atom is -0.368 e. The SMILES string of the molecule is O=C(Nc1nnc(-c2ccccc2)s1)C1CCCO1. The highest BCUT2D eigenvalue weighted by Crippen LogP contribution is 2.26. The first-order chi connectivity index (χ1) is 9.33.